The molecule has 0 aliphatic heterocycles. The molecule has 0 amide bonds. The molecule has 0 saturated heterocycles. The summed E-state index contributed by atoms with van der Waals surface area (Å²) < 4.78 is 103. The highest BCUT2D eigenvalue weighted by molar-refractivity contribution is 6.38. The van der Waals surface area contributed by atoms with Crippen molar-refractivity contribution in [1.82, 2.24) is 0 Å². The summed E-state index contributed by atoms with van der Waals surface area (Å²) >= 11 is 6.48. The van der Waals surface area contributed by atoms with Crippen molar-refractivity contribution in [3.63, 3.8) is 0 Å². The molecule has 0 unspecified atom stereocenters. The fourth-order valence-corrected chi connectivity index (χ4v) is 4.02. The molecule has 37 heavy (non-hydrogen) atoms. The zero-order valence-corrected chi connectivity index (χ0v) is 19.8. The van der Waals surface area contributed by atoms with Gasteiger partial charge in [-0.15, -0.1) is 0 Å². The fourth-order valence-electron chi connectivity index (χ4n) is 3.68. The fraction of sp³-hybridized carbons (Fsp3) is 0.143. The maximum absolute atomic E-state index is 14.8. The summed E-state index contributed by atoms with van der Waals surface area (Å²) in [5.41, 5.74) is -0.995. The molecule has 0 aliphatic rings. The van der Waals surface area contributed by atoms with E-state index in [2.05, 4.69) is 16.6 Å². The van der Waals surface area contributed by atoms with Gasteiger partial charge in [0.2, 0.25) is 0 Å². The van der Waals surface area contributed by atoms with E-state index in [1.54, 1.807) is 24.3 Å². The number of unbranched alkanes of at least 4 members (excludes halogenated alkanes) is 1. The van der Waals surface area contributed by atoms with E-state index in [9.17, 15) is 30.7 Å². The minimum Gasteiger partial charge on any atom is -0.429 e. The molecule has 0 atom stereocenters. The molecule has 0 radical (unpaired) electrons. The monoisotopic (exact) mass is 536 g/mol. The summed E-state index contributed by atoms with van der Waals surface area (Å²) in [5.74, 6) is -4.03. The molecule has 0 fully saturated rings. The van der Waals surface area contributed by atoms with Gasteiger partial charge in [-0.05, 0) is 41.6 Å². The molecule has 1 nitrogen and oxygen atoms in total. The number of hydrogen-bond acceptors (Lipinski definition) is 1. The predicted octanol–water partition coefficient (Wildman–Crippen LogP) is 9.14. The SMILES string of the molecule is CCCC#Cc1ccc2c(Cl)c(-c3cc(F)c(C(F)(F)Oc4cc(F)c(F)c(F)c4)c(F)c3)ccc2c1. The molecule has 9 heteroatoms. The minimum atomic E-state index is -4.69. The molecule has 0 saturated carbocycles. The van der Waals surface area contributed by atoms with E-state index in [-0.39, 0.29) is 28.3 Å². The lowest BCUT2D eigenvalue weighted by Gasteiger charge is -2.20. The molecule has 190 valence electrons. The maximum atomic E-state index is 14.8. The van der Waals surface area contributed by atoms with Gasteiger partial charge < -0.3 is 4.74 Å². The van der Waals surface area contributed by atoms with Gasteiger partial charge in [0, 0.05) is 35.1 Å². The minimum absolute atomic E-state index is 0.131. The Morgan fingerprint density at radius 3 is 2.11 bits per heavy atom. The predicted molar refractivity (Wildman–Crippen MR) is 127 cm³/mol. The van der Waals surface area contributed by atoms with Gasteiger partial charge in [0.1, 0.15) is 22.9 Å². The van der Waals surface area contributed by atoms with E-state index in [0.717, 1.165) is 18.4 Å². The highest BCUT2D eigenvalue weighted by Crippen LogP contribution is 2.40. The van der Waals surface area contributed by atoms with Gasteiger partial charge in [-0.3, -0.25) is 0 Å². The number of ether oxygens (including phenoxy) is 1. The van der Waals surface area contributed by atoms with Crippen LogP contribution in [0, 0.1) is 40.9 Å². The van der Waals surface area contributed by atoms with E-state index in [1.165, 1.54) is 6.07 Å². The Kier molecular flexibility index (Phi) is 7.37. The molecular weight excluding hydrogens is 521 g/mol. The average molecular weight is 537 g/mol. The van der Waals surface area contributed by atoms with Gasteiger partial charge in [0.15, 0.2) is 17.5 Å². The third-order valence-corrected chi connectivity index (χ3v) is 5.82. The normalized spacial score (nSPS) is 11.4. The van der Waals surface area contributed by atoms with Gasteiger partial charge in [0.25, 0.3) is 0 Å². The molecule has 0 aliphatic carbocycles. The third-order valence-electron chi connectivity index (χ3n) is 5.41. The quantitative estimate of drug-likeness (QED) is 0.140. The Hall–Kier alpha value is -3.70. The van der Waals surface area contributed by atoms with Crippen molar-refractivity contribution in [3.05, 3.63) is 99.8 Å². The Morgan fingerprint density at radius 2 is 1.49 bits per heavy atom. The lowest BCUT2D eigenvalue weighted by atomic mass is 9.98. The van der Waals surface area contributed by atoms with Crippen LogP contribution in [0.15, 0.2) is 54.6 Å². The summed E-state index contributed by atoms with van der Waals surface area (Å²) in [4.78, 5) is 0. The topological polar surface area (TPSA) is 9.23 Å². The summed E-state index contributed by atoms with van der Waals surface area (Å²) in [6.45, 7) is 2.01. The van der Waals surface area contributed by atoms with E-state index in [4.69, 9.17) is 11.6 Å². The number of fused-ring (bicyclic) bond motifs is 1. The average Bonchev–Trinajstić information content (AvgIpc) is 2.82. The Morgan fingerprint density at radius 1 is 0.838 bits per heavy atom. The largest absolute Gasteiger partial charge is 0.432 e. The number of hydrogen-bond donors (Lipinski definition) is 0. The maximum Gasteiger partial charge on any atom is 0.432 e. The number of alkyl halides is 2. The second kappa shape index (κ2) is 10.3. The van der Waals surface area contributed by atoms with Crippen molar-refractivity contribution in [2.75, 3.05) is 0 Å². The zero-order chi connectivity index (χ0) is 26.9. The smallest absolute Gasteiger partial charge is 0.429 e. The first-order valence-electron chi connectivity index (χ1n) is 10.9. The third kappa shape index (κ3) is 5.37. The number of halogens is 8. The van der Waals surface area contributed by atoms with Gasteiger partial charge in [0.05, 0.1) is 5.02 Å². The van der Waals surface area contributed by atoms with Crippen LogP contribution in [0.1, 0.15) is 30.9 Å². The van der Waals surface area contributed by atoms with Crippen LogP contribution in [-0.4, -0.2) is 0 Å². The van der Waals surface area contributed by atoms with E-state index >= 15 is 0 Å². The molecule has 0 spiro atoms. The van der Waals surface area contributed by atoms with Crippen LogP contribution in [0.5, 0.6) is 5.75 Å². The summed E-state index contributed by atoms with van der Waals surface area (Å²) in [5, 5.41) is 1.41. The first kappa shape index (κ1) is 26.4. The van der Waals surface area contributed by atoms with Crippen LogP contribution in [0.2, 0.25) is 5.02 Å². The molecule has 0 heterocycles. The lowest BCUT2D eigenvalue weighted by molar-refractivity contribution is -0.189. The van der Waals surface area contributed by atoms with Crippen LogP contribution in [-0.2, 0) is 6.11 Å². The van der Waals surface area contributed by atoms with Crippen molar-refractivity contribution in [3.8, 4) is 28.7 Å². The van der Waals surface area contributed by atoms with Crippen molar-refractivity contribution in [2.24, 2.45) is 0 Å². The first-order valence-corrected chi connectivity index (χ1v) is 11.3. The second-order valence-corrected chi connectivity index (χ2v) is 8.43. The van der Waals surface area contributed by atoms with Crippen molar-refractivity contribution >= 4 is 22.4 Å². The van der Waals surface area contributed by atoms with Gasteiger partial charge >= 0.3 is 6.11 Å². The molecule has 4 aromatic carbocycles. The molecular formula is C28H16ClF7O. The van der Waals surface area contributed by atoms with Crippen molar-refractivity contribution in [2.45, 2.75) is 25.9 Å². The van der Waals surface area contributed by atoms with Gasteiger partial charge in [-0.25, -0.2) is 22.0 Å². The lowest BCUT2D eigenvalue weighted by Crippen LogP contribution is -2.25. The van der Waals surface area contributed by atoms with Crippen LogP contribution in [0.25, 0.3) is 21.9 Å². The highest BCUT2D eigenvalue weighted by Gasteiger charge is 2.41. The van der Waals surface area contributed by atoms with Gasteiger partial charge in [-0.2, -0.15) is 8.78 Å². The van der Waals surface area contributed by atoms with Crippen LogP contribution in [0.3, 0.4) is 0 Å². The Bertz CT molecular complexity index is 1520. The molecule has 0 bridgehead atoms. The summed E-state index contributed by atoms with van der Waals surface area (Å²) in [6, 6.07) is 9.92. The Balaban J connectivity index is 1.70. The highest BCUT2D eigenvalue weighted by atomic mass is 35.5. The number of benzene rings is 4. The molecule has 0 aromatic heterocycles. The molecule has 4 rings (SSSR count). The molecule has 4 aromatic rings. The van der Waals surface area contributed by atoms with E-state index < -0.39 is 46.5 Å². The Labute approximate surface area is 212 Å². The second-order valence-electron chi connectivity index (χ2n) is 8.05. The standard InChI is InChI=1S/C28H16ClF7O/c1-2-3-4-5-15-6-8-19-16(10-15)7-9-20(26(19)29)17-11-21(30)25(22(31)12-17)28(35,36)37-18-13-23(32)27(34)24(33)14-18/h6-14H,2-3H2,1H3. The van der Waals surface area contributed by atoms with Crippen LogP contribution < -0.4 is 4.74 Å². The van der Waals surface area contributed by atoms with Gasteiger partial charge in [-0.1, -0.05) is 48.6 Å². The van der Waals surface area contributed by atoms with Crippen LogP contribution >= 0.6 is 11.6 Å². The van der Waals surface area contributed by atoms with Crippen molar-refractivity contribution in [1.29, 1.82) is 0 Å². The van der Waals surface area contributed by atoms with Crippen LogP contribution in [0.4, 0.5) is 30.7 Å². The van der Waals surface area contributed by atoms with E-state index in [0.29, 0.717) is 22.9 Å². The molecule has 0 N–H and O–H groups in total. The first-order chi connectivity index (χ1) is 17.5. The van der Waals surface area contributed by atoms with E-state index in [1.807, 2.05) is 6.92 Å². The summed E-state index contributed by atoms with van der Waals surface area (Å²) in [6.07, 6.45) is -3.03. The number of rotatable bonds is 5. The summed E-state index contributed by atoms with van der Waals surface area (Å²) in [7, 11) is 0. The zero-order valence-electron chi connectivity index (χ0n) is 19.0. The van der Waals surface area contributed by atoms with Crippen molar-refractivity contribution < 1.29 is 35.5 Å².